The smallest absolute Gasteiger partial charge is 0.309 e. The minimum atomic E-state index is -0.884. The second kappa shape index (κ2) is 41.5. The molecule has 0 aliphatic rings. The number of carboxylic acid groups (broad SMARTS) is 4. The fraction of sp³-hybridized carbons (Fsp3) is 0.268. The average Bonchev–Trinajstić information content (AvgIpc) is 0.848. The first kappa shape index (κ1) is 85.4. The Morgan fingerprint density at radius 2 is 0.764 bits per heavy atom. The van der Waals surface area contributed by atoms with Gasteiger partial charge in [0.05, 0.1) is 54.4 Å². The van der Waals surface area contributed by atoms with Gasteiger partial charge >= 0.3 is 23.9 Å². The van der Waals surface area contributed by atoms with Crippen LogP contribution < -0.4 is 37.6 Å². The highest BCUT2D eigenvalue weighted by Crippen LogP contribution is 2.36. The molecule has 0 radical (unpaired) electrons. The van der Waals surface area contributed by atoms with Gasteiger partial charge in [-0.05, 0) is 200 Å². The molecule has 2 unspecified atom stereocenters. The Morgan fingerprint density at radius 1 is 0.445 bits per heavy atom. The van der Waals surface area contributed by atoms with Crippen molar-refractivity contribution in [3.63, 3.8) is 0 Å². The predicted octanol–water partition coefficient (Wildman–Crippen LogP) is 15.3. The van der Waals surface area contributed by atoms with Crippen molar-refractivity contribution in [1.29, 1.82) is 0 Å². The zero-order chi connectivity index (χ0) is 80.1. The largest absolute Gasteiger partial charge is 0.481 e. The Morgan fingerprint density at radius 3 is 1.07 bits per heavy atom. The molecular formula is C71H81Cl5FN25O8. The zero-order valence-corrected chi connectivity index (χ0v) is 64.2. The van der Waals surface area contributed by atoms with E-state index in [1.54, 1.807) is 118 Å². The Hall–Kier alpha value is -11.8. The molecule has 580 valence electrons. The van der Waals surface area contributed by atoms with Crippen molar-refractivity contribution >= 4 is 151 Å². The van der Waals surface area contributed by atoms with Crippen molar-refractivity contribution in [2.45, 2.75) is 94.0 Å². The number of hydrogen-bond donors (Lipinski definition) is 17. The van der Waals surface area contributed by atoms with Gasteiger partial charge in [-0.25, -0.2) is 4.39 Å². The van der Waals surface area contributed by atoms with Crippen LogP contribution in [0.15, 0.2) is 146 Å². The van der Waals surface area contributed by atoms with Crippen LogP contribution in [0.2, 0.25) is 25.1 Å². The minimum Gasteiger partial charge on any atom is -0.481 e. The van der Waals surface area contributed by atoms with Crippen molar-refractivity contribution < 1.29 is 44.0 Å². The third-order valence-corrected chi connectivity index (χ3v) is 17.1. The number of nitrogens with one attached hydrogen (secondary N) is 12. The summed E-state index contributed by atoms with van der Waals surface area (Å²) in [4.78, 5) is 44.8. The number of nitrogens with zero attached hydrogens (tertiary/aromatic N) is 12. The molecule has 6 aromatic heterocycles. The normalized spacial score (nSPS) is 11.4. The number of carbonyl (C=O) groups is 4. The number of aromatic amines is 6. The quantitative estimate of drug-likeness (QED) is 0.0239. The highest BCUT2D eigenvalue weighted by molar-refractivity contribution is 6.32. The molecule has 12 rings (SSSR count). The molecule has 0 bridgehead atoms. The SMILES string of the molecule is CC(C)(C)C(Cc1cc(Cl)ccc1Nc1cn[nH]n1)C(=O)O.CC(C)(Cc1cc(Cl)ccc1Nc1cn[nH]n1)C(=O)O.CC(C)C(Cc1cc(Cl)ccc1Nc1cn[nH]n1)C(=O)O.Cc1cc(F)ccc1Nc1cn[nH]n1.NCc1cc(Cl)ccc1Nc1cn[nH]n1.O=C(O)CCc1cc(Cl)ccc1Nc1cn[nH]n1. The third kappa shape index (κ3) is 28.1. The molecule has 0 spiro atoms. The molecular weight excluding hydrogens is 1530 g/mol. The number of halogens is 6. The number of nitrogens with two attached hydrogens (primary N) is 1. The molecule has 2 atom stereocenters. The van der Waals surface area contributed by atoms with Crippen molar-refractivity contribution in [3.8, 4) is 0 Å². The second-order valence-corrected chi connectivity index (χ2v) is 28.3. The summed E-state index contributed by atoms with van der Waals surface area (Å²) < 4.78 is 12.8. The molecule has 110 heavy (non-hydrogen) atoms. The molecule has 0 saturated carbocycles. The van der Waals surface area contributed by atoms with E-state index >= 15 is 0 Å². The molecule has 0 saturated heterocycles. The minimum absolute atomic E-state index is 0.0291. The summed E-state index contributed by atoms with van der Waals surface area (Å²) in [6.45, 7) is 15.1. The number of benzene rings is 6. The summed E-state index contributed by atoms with van der Waals surface area (Å²) >= 11 is 29.9. The van der Waals surface area contributed by atoms with Gasteiger partial charge in [0.2, 0.25) is 0 Å². The van der Waals surface area contributed by atoms with Gasteiger partial charge in [-0.15, -0.1) is 30.6 Å². The number of aromatic nitrogens is 18. The van der Waals surface area contributed by atoms with E-state index in [1.165, 1.54) is 18.3 Å². The number of rotatable bonds is 26. The maximum atomic E-state index is 12.8. The van der Waals surface area contributed by atoms with Crippen molar-refractivity contribution in [2.24, 2.45) is 34.3 Å². The fourth-order valence-electron chi connectivity index (χ4n) is 10.1. The maximum absolute atomic E-state index is 12.8. The number of hydrogen-bond acceptors (Lipinski definition) is 23. The summed E-state index contributed by atoms with van der Waals surface area (Å²) in [6.07, 6.45) is 10.9. The van der Waals surface area contributed by atoms with Crippen LogP contribution in [0.5, 0.6) is 0 Å². The Kier molecular flexibility index (Phi) is 32.2. The molecule has 0 amide bonds. The molecule has 39 heteroatoms. The van der Waals surface area contributed by atoms with Crippen LogP contribution in [0.4, 0.5) is 73.4 Å². The molecule has 33 nitrogen and oxygen atoms in total. The molecule has 0 aliphatic heterocycles. The zero-order valence-electron chi connectivity index (χ0n) is 60.5. The lowest BCUT2D eigenvalue weighted by molar-refractivity contribution is -0.147. The van der Waals surface area contributed by atoms with Gasteiger partial charge < -0.3 is 58.1 Å². The summed E-state index contributed by atoms with van der Waals surface area (Å²) in [5.74, 6) is -1.03. The predicted molar refractivity (Wildman–Crippen MR) is 419 cm³/mol. The second-order valence-electron chi connectivity index (χ2n) is 26.2. The number of aryl methyl sites for hydroxylation is 2. The van der Waals surface area contributed by atoms with Gasteiger partial charge in [0.15, 0.2) is 34.9 Å². The lowest BCUT2D eigenvalue weighted by Crippen LogP contribution is -2.30. The van der Waals surface area contributed by atoms with Crippen molar-refractivity contribution in [2.75, 3.05) is 31.9 Å². The van der Waals surface area contributed by atoms with Crippen LogP contribution >= 0.6 is 58.0 Å². The van der Waals surface area contributed by atoms with E-state index < -0.39 is 41.1 Å². The maximum Gasteiger partial charge on any atom is 0.309 e. The molecule has 6 heterocycles. The van der Waals surface area contributed by atoms with Gasteiger partial charge in [0.1, 0.15) is 5.82 Å². The van der Waals surface area contributed by atoms with Crippen LogP contribution in [-0.4, -0.2) is 137 Å². The topological polar surface area (TPSA) is 497 Å². The summed E-state index contributed by atoms with van der Waals surface area (Å²) in [6, 6.07) is 31.2. The first-order valence-electron chi connectivity index (χ1n) is 33.4. The highest BCUT2D eigenvalue weighted by atomic mass is 35.5. The Bertz CT molecular complexity index is 4850. The lowest BCUT2D eigenvalue weighted by Gasteiger charge is -2.27. The van der Waals surface area contributed by atoms with Crippen LogP contribution in [0, 0.1) is 41.3 Å². The molecule has 18 N–H and O–H groups in total. The highest BCUT2D eigenvalue weighted by Gasteiger charge is 2.33. The Labute approximate surface area is 654 Å². The van der Waals surface area contributed by atoms with E-state index in [-0.39, 0.29) is 23.6 Å². The first-order chi connectivity index (χ1) is 52.3. The third-order valence-electron chi connectivity index (χ3n) is 16.0. The van der Waals surface area contributed by atoms with Gasteiger partial charge in [-0.3, -0.25) is 19.2 Å². The monoisotopic (exact) mass is 1610 g/mol. The number of anilines is 12. The van der Waals surface area contributed by atoms with Gasteiger partial charge in [-0.2, -0.15) is 61.9 Å². The van der Waals surface area contributed by atoms with Crippen LogP contribution in [-0.2, 0) is 51.4 Å². The number of H-pyrrole nitrogens is 6. The average molecular weight is 1610 g/mol. The standard InChI is InChI=1S/C15H19ClN4O2.C14H17ClN4O2.C13H15ClN4O2.C11H11ClN4O2.C9H10ClN5.C9H9FN4/c1-15(2,3)11(14(21)22)7-9-6-10(16)4-5-12(9)18-13-8-17-20-19-13;1-8(2)11(14(20)21)6-9-5-10(15)3-4-12(9)17-13-7-16-19-18-13;1-13(2,12(19)20)6-8-5-9(14)3-4-10(8)16-11-7-15-18-17-11;12-8-2-3-9(14-10-6-13-16-15-10)7(5-8)1-4-11(17)18;10-7-1-2-8(6(3-7)4-11)13-9-5-12-15-14-9;1-6-4-7(10)2-3-8(6)12-9-5-11-14-13-9/h4-6,8,11H,7H2,1-3H3,(H,21,22)(H2,17,18,19,20);3-5,7-8,11H,6H2,1-2H3,(H,20,21)(H2,16,17,18,19);3-5,7H,6H2,1-2H3,(H,19,20)(H2,15,16,17,18);2-3,5-6H,1,4H2,(H,17,18)(H2,13,14,15,16);1-3,5H,4,11H2,(H2,12,13,14,15);2-5H,1H3,(H2,11,12,13,14). The van der Waals surface area contributed by atoms with Crippen LogP contribution in [0.25, 0.3) is 0 Å². The molecule has 0 aliphatic carbocycles. The number of carboxylic acids is 4. The summed E-state index contributed by atoms with van der Waals surface area (Å²) in [5.41, 5.74) is 14.2. The van der Waals surface area contributed by atoms with Crippen molar-refractivity contribution in [1.82, 2.24) is 92.5 Å². The van der Waals surface area contributed by atoms with E-state index in [0.717, 1.165) is 67.5 Å². The lowest BCUT2D eigenvalue weighted by atomic mass is 9.77. The molecule has 0 fully saturated rings. The van der Waals surface area contributed by atoms with Crippen LogP contribution in [0.3, 0.4) is 0 Å². The first-order valence-corrected chi connectivity index (χ1v) is 35.3. The van der Waals surface area contributed by atoms with E-state index in [9.17, 15) is 38.9 Å². The summed E-state index contributed by atoms with van der Waals surface area (Å²) in [5, 5.41) is 119. The van der Waals surface area contributed by atoms with E-state index in [0.29, 0.717) is 92.2 Å². The van der Waals surface area contributed by atoms with E-state index in [1.807, 2.05) is 65.8 Å². The van der Waals surface area contributed by atoms with Gasteiger partial charge in [-0.1, -0.05) is 92.6 Å². The van der Waals surface area contributed by atoms with Gasteiger partial charge in [0, 0.05) is 72.2 Å². The molecule has 12 aromatic rings. The fourth-order valence-corrected chi connectivity index (χ4v) is 11.0. The van der Waals surface area contributed by atoms with Gasteiger partial charge in [0.25, 0.3) is 0 Å². The van der Waals surface area contributed by atoms with Crippen molar-refractivity contribution in [3.05, 3.63) is 211 Å². The Balaban J connectivity index is 0.000000185. The van der Waals surface area contributed by atoms with E-state index in [4.69, 9.17) is 68.8 Å². The number of aliphatic carboxylic acids is 4. The molecule has 6 aromatic carbocycles. The van der Waals surface area contributed by atoms with E-state index in [2.05, 4.69) is 124 Å². The summed E-state index contributed by atoms with van der Waals surface area (Å²) in [7, 11) is 0. The van der Waals surface area contributed by atoms with Crippen LogP contribution in [0.1, 0.15) is 88.3 Å².